The summed E-state index contributed by atoms with van der Waals surface area (Å²) in [7, 11) is 0. The first-order valence-electron chi connectivity index (χ1n) is 7.25. The van der Waals surface area contributed by atoms with E-state index in [4.69, 9.17) is 0 Å². The summed E-state index contributed by atoms with van der Waals surface area (Å²) in [4.78, 5) is 22.3. The van der Waals surface area contributed by atoms with Crippen LogP contribution in [0.2, 0.25) is 0 Å². The van der Waals surface area contributed by atoms with Gasteiger partial charge in [-0.25, -0.2) is 4.79 Å². The summed E-state index contributed by atoms with van der Waals surface area (Å²) in [6, 6.07) is 0. The van der Waals surface area contributed by atoms with Gasteiger partial charge in [-0.1, -0.05) is 0 Å². The summed E-state index contributed by atoms with van der Waals surface area (Å²) in [5.74, 6) is 2.05. The van der Waals surface area contributed by atoms with E-state index in [0.717, 1.165) is 11.8 Å². The van der Waals surface area contributed by atoms with Gasteiger partial charge in [0.1, 0.15) is 5.70 Å². The summed E-state index contributed by atoms with van der Waals surface area (Å²) >= 11 is 0. The van der Waals surface area contributed by atoms with Crippen molar-refractivity contribution in [3.8, 4) is 0 Å². The minimum absolute atomic E-state index is 0.0740. The number of nitrogens with one attached hydrogen (secondary N) is 1. The summed E-state index contributed by atoms with van der Waals surface area (Å²) < 4.78 is 0. The Morgan fingerprint density at radius 2 is 1.58 bits per heavy atom. The molecule has 4 heteroatoms. The maximum absolute atomic E-state index is 11.2. The normalized spacial score (nSPS) is 40.3. The predicted octanol–water partition coefficient (Wildman–Crippen LogP) is 2.16. The number of carbonyl (C=O) groups excluding carboxylic acids is 1. The highest BCUT2D eigenvalue weighted by atomic mass is 16.4. The van der Waals surface area contributed by atoms with Crippen molar-refractivity contribution in [3.63, 3.8) is 0 Å². The third-order valence-corrected chi connectivity index (χ3v) is 5.20. The first-order valence-corrected chi connectivity index (χ1v) is 7.25. The largest absolute Gasteiger partial charge is 0.477 e. The molecule has 4 fully saturated rings. The second-order valence-electron chi connectivity index (χ2n) is 6.57. The SMILES string of the molecule is CC(=O)N/C(=C/C1C2CC3CC(C2)CC1C3)C(=O)O. The minimum Gasteiger partial charge on any atom is -0.477 e. The van der Waals surface area contributed by atoms with Crippen LogP contribution in [0, 0.1) is 29.6 Å². The van der Waals surface area contributed by atoms with E-state index >= 15 is 0 Å². The second-order valence-corrected chi connectivity index (χ2v) is 6.57. The van der Waals surface area contributed by atoms with Crippen LogP contribution < -0.4 is 5.32 Å². The van der Waals surface area contributed by atoms with Gasteiger partial charge in [0, 0.05) is 6.92 Å². The number of amides is 1. The van der Waals surface area contributed by atoms with Gasteiger partial charge in [-0.05, 0) is 67.8 Å². The Kier molecular flexibility index (Phi) is 3.11. The number of allylic oxidation sites excluding steroid dienone is 1. The Morgan fingerprint density at radius 1 is 1.05 bits per heavy atom. The molecule has 0 aromatic rings. The van der Waals surface area contributed by atoms with Gasteiger partial charge in [0.05, 0.1) is 0 Å². The zero-order valence-electron chi connectivity index (χ0n) is 11.3. The number of carbonyl (C=O) groups is 2. The first kappa shape index (κ1) is 12.7. The molecule has 4 rings (SSSR count). The molecule has 0 atom stereocenters. The van der Waals surface area contributed by atoms with Gasteiger partial charge in [-0.3, -0.25) is 4.79 Å². The number of carboxylic acids is 1. The lowest BCUT2D eigenvalue weighted by atomic mass is 9.52. The molecule has 0 heterocycles. The molecule has 0 aromatic heterocycles. The summed E-state index contributed by atoms with van der Waals surface area (Å²) in [6.45, 7) is 1.35. The van der Waals surface area contributed by atoms with Gasteiger partial charge in [0.2, 0.25) is 5.91 Å². The highest BCUT2D eigenvalue weighted by molar-refractivity contribution is 5.91. The van der Waals surface area contributed by atoms with E-state index in [1.54, 1.807) is 0 Å². The van der Waals surface area contributed by atoms with Gasteiger partial charge < -0.3 is 10.4 Å². The number of hydrogen-bond acceptors (Lipinski definition) is 2. The van der Waals surface area contributed by atoms with Gasteiger partial charge in [-0.2, -0.15) is 0 Å². The van der Waals surface area contributed by atoms with Gasteiger partial charge in [0.15, 0.2) is 0 Å². The van der Waals surface area contributed by atoms with Gasteiger partial charge in [0.25, 0.3) is 0 Å². The van der Waals surface area contributed by atoms with E-state index < -0.39 is 5.97 Å². The maximum atomic E-state index is 11.2. The van der Waals surface area contributed by atoms with Gasteiger partial charge >= 0.3 is 5.97 Å². The molecule has 0 aliphatic heterocycles. The van der Waals surface area contributed by atoms with Crippen LogP contribution in [0.5, 0.6) is 0 Å². The van der Waals surface area contributed by atoms with E-state index in [1.807, 2.05) is 6.08 Å². The van der Waals surface area contributed by atoms with Crippen LogP contribution in [0.15, 0.2) is 11.8 Å². The van der Waals surface area contributed by atoms with E-state index in [-0.39, 0.29) is 11.6 Å². The van der Waals surface area contributed by atoms with Crippen molar-refractivity contribution in [2.24, 2.45) is 29.6 Å². The lowest BCUT2D eigenvalue weighted by molar-refractivity contribution is -0.134. The van der Waals surface area contributed by atoms with Crippen molar-refractivity contribution in [1.29, 1.82) is 0 Å². The molecule has 0 spiro atoms. The van der Waals surface area contributed by atoms with Crippen LogP contribution in [0.3, 0.4) is 0 Å². The molecule has 19 heavy (non-hydrogen) atoms. The van der Waals surface area contributed by atoms with Crippen molar-refractivity contribution in [1.82, 2.24) is 5.32 Å². The fourth-order valence-electron chi connectivity index (χ4n) is 4.79. The Bertz CT molecular complexity index is 413. The summed E-state index contributed by atoms with van der Waals surface area (Å²) in [5, 5.41) is 11.7. The number of aliphatic carboxylic acids is 1. The molecule has 0 saturated heterocycles. The Balaban J connectivity index is 1.81. The van der Waals surface area contributed by atoms with Crippen molar-refractivity contribution in [2.75, 3.05) is 0 Å². The van der Waals surface area contributed by atoms with Crippen LogP contribution in [-0.2, 0) is 9.59 Å². The summed E-state index contributed by atoms with van der Waals surface area (Å²) in [5.41, 5.74) is 0.0740. The van der Waals surface area contributed by atoms with Crippen molar-refractivity contribution in [3.05, 3.63) is 11.8 Å². The quantitative estimate of drug-likeness (QED) is 0.767. The highest BCUT2D eigenvalue weighted by Gasteiger charge is 2.47. The highest BCUT2D eigenvalue weighted by Crippen LogP contribution is 2.56. The van der Waals surface area contributed by atoms with Crippen molar-refractivity contribution < 1.29 is 14.7 Å². The van der Waals surface area contributed by atoms with Crippen molar-refractivity contribution in [2.45, 2.75) is 39.0 Å². The second kappa shape index (κ2) is 4.66. The molecule has 2 N–H and O–H groups in total. The standard InChI is InChI=1S/C15H21NO3/c1-8(17)16-14(15(18)19)7-13-11-3-9-2-10(5-11)6-12(13)4-9/h7,9-13H,2-6H2,1H3,(H,16,17)(H,18,19)/b14-7+. The smallest absolute Gasteiger partial charge is 0.352 e. The zero-order valence-corrected chi connectivity index (χ0v) is 11.3. The molecule has 0 radical (unpaired) electrons. The predicted molar refractivity (Wildman–Crippen MR) is 70.1 cm³/mol. The minimum atomic E-state index is -1.02. The molecule has 104 valence electrons. The average Bonchev–Trinajstić information content (AvgIpc) is 2.30. The van der Waals surface area contributed by atoms with E-state index in [2.05, 4.69) is 5.32 Å². The molecular weight excluding hydrogens is 242 g/mol. The number of rotatable bonds is 3. The zero-order chi connectivity index (χ0) is 13.6. The molecule has 4 bridgehead atoms. The Morgan fingerprint density at radius 3 is 2.00 bits per heavy atom. The topological polar surface area (TPSA) is 66.4 Å². The average molecular weight is 263 g/mol. The Hall–Kier alpha value is -1.32. The lowest BCUT2D eigenvalue weighted by Crippen LogP contribution is -2.44. The monoisotopic (exact) mass is 263 g/mol. The first-order chi connectivity index (χ1) is 9.02. The van der Waals surface area contributed by atoms with Crippen LogP contribution >= 0.6 is 0 Å². The van der Waals surface area contributed by atoms with E-state index in [1.165, 1.54) is 39.0 Å². The molecular formula is C15H21NO3. The maximum Gasteiger partial charge on any atom is 0.352 e. The number of carboxylic acid groups (broad SMARTS) is 1. The third-order valence-electron chi connectivity index (χ3n) is 5.20. The van der Waals surface area contributed by atoms with Crippen LogP contribution in [-0.4, -0.2) is 17.0 Å². The van der Waals surface area contributed by atoms with Crippen LogP contribution in [0.4, 0.5) is 0 Å². The molecule has 0 unspecified atom stereocenters. The van der Waals surface area contributed by atoms with E-state index in [9.17, 15) is 14.7 Å². The molecule has 4 aliphatic carbocycles. The molecule has 0 aromatic carbocycles. The fourth-order valence-corrected chi connectivity index (χ4v) is 4.79. The third kappa shape index (κ3) is 2.40. The molecule has 4 saturated carbocycles. The van der Waals surface area contributed by atoms with Crippen LogP contribution in [0.1, 0.15) is 39.0 Å². The molecule has 4 nitrogen and oxygen atoms in total. The van der Waals surface area contributed by atoms with E-state index in [0.29, 0.717) is 17.8 Å². The molecule has 1 amide bonds. The number of hydrogen-bond donors (Lipinski definition) is 2. The fraction of sp³-hybridized carbons (Fsp3) is 0.733. The summed E-state index contributed by atoms with van der Waals surface area (Å²) in [6.07, 6.45) is 8.22. The molecule has 4 aliphatic rings. The Labute approximate surface area is 113 Å². The van der Waals surface area contributed by atoms with Gasteiger partial charge in [-0.15, -0.1) is 0 Å². The van der Waals surface area contributed by atoms with Crippen LogP contribution in [0.25, 0.3) is 0 Å². The van der Waals surface area contributed by atoms with Crippen molar-refractivity contribution >= 4 is 11.9 Å². The lowest BCUT2D eigenvalue weighted by Gasteiger charge is -2.53.